The van der Waals surface area contributed by atoms with Crippen molar-refractivity contribution in [1.82, 2.24) is 20.1 Å². The van der Waals surface area contributed by atoms with E-state index in [2.05, 4.69) is 36.3 Å². The molecule has 0 spiro atoms. The van der Waals surface area contributed by atoms with Gasteiger partial charge in [0, 0.05) is 17.8 Å². The van der Waals surface area contributed by atoms with Crippen LogP contribution in [0.25, 0.3) is 0 Å². The van der Waals surface area contributed by atoms with Gasteiger partial charge in [-0.1, -0.05) is 32.5 Å². The van der Waals surface area contributed by atoms with Crippen LogP contribution in [-0.2, 0) is 6.54 Å². The molecule has 0 bridgehead atoms. The monoisotopic (exact) mass is 312 g/mol. The van der Waals surface area contributed by atoms with Crippen LogP contribution in [0, 0.1) is 11.8 Å². The van der Waals surface area contributed by atoms with Gasteiger partial charge >= 0.3 is 5.69 Å². The number of nitrogens with zero attached hydrogens (tertiary/aromatic N) is 2. The molecule has 0 aromatic carbocycles. The maximum atomic E-state index is 11.7. The van der Waals surface area contributed by atoms with Crippen LogP contribution in [0.2, 0.25) is 0 Å². The van der Waals surface area contributed by atoms with E-state index < -0.39 is 0 Å². The largest absolute Gasteiger partial charge is 0.343 e. The zero-order chi connectivity index (χ0) is 15.4. The lowest BCUT2D eigenvalue weighted by molar-refractivity contribution is 0.249. The SMILES string of the molecule is CCCNC1CC(C)CC(C)C1Sc1n[nH]c(=O)n1CC. The van der Waals surface area contributed by atoms with Crippen LogP contribution in [0.4, 0.5) is 0 Å². The van der Waals surface area contributed by atoms with Gasteiger partial charge < -0.3 is 5.32 Å². The van der Waals surface area contributed by atoms with E-state index in [-0.39, 0.29) is 5.69 Å². The highest BCUT2D eigenvalue weighted by atomic mass is 32.2. The molecule has 1 fully saturated rings. The molecule has 1 heterocycles. The Kier molecular flexibility index (Phi) is 5.93. The predicted octanol–water partition coefficient (Wildman–Crippen LogP) is 2.49. The number of H-pyrrole nitrogens is 1. The van der Waals surface area contributed by atoms with Crippen molar-refractivity contribution in [1.29, 1.82) is 0 Å². The van der Waals surface area contributed by atoms with Crippen molar-refractivity contribution >= 4 is 11.8 Å². The fourth-order valence-corrected chi connectivity index (χ4v) is 4.75. The first kappa shape index (κ1) is 16.6. The third-order valence-corrected chi connectivity index (χ3v) is 5.91. The Morgan fingerprint density at radius 2 is 2.14 bits per heavy atom. The number of hydrogen-bond donors (Lipinski definition) is 2. The lowest BCUT2D eigenvalue weighted by Gasteiger charge is -2.39. The van der Waals surface area contributed by atoms with Crippen LogP contribution in [0.3, 0.4) is 0 Å². The van der Waals surface area contributed by atoms with Gasteiger partial charge in [-0.2, -0.15) is 0 Å². The molecule has 1 aromatic heterocycles. The minimum Gasteiger partial charge on any atom is -0.313 e. The average molecular weight is 312 g/mol. The molecule has 21 heavy (non-hydrogen) atoms. The summed E-state index contributed by atoms with van der Waals surface area (Å²) in [5, 5.41) is 11.8. The van der Waals surface area contributed by atoms with Crippen LogP contribution in [0.5, 0.6) is 0 Å². The Morgan fingerprint density at radius 3 is 2.81 bits per heavy atom. The first-order valence-corrected chi connectivity index (χ1v) is 9.00. The molecule has 5 nitrogen and oxygen atoms in total. The van der Waals surface area contributed by atoms with E-state index in [1.165, 1.54) is 12.8 Å². The second-order valence-corrected chi connectivity index (χ2v) is 7.40. The number of aromatic nitrogens is 3. The average Bonchev–Trinajstić information content (AvgIpc) is 2.79. The van der Waals surface area contributed by atoms with Crippen molar-refractivity contribution in [3.63, 3.8) is 0 Å². The predicted molar refractivity (Wildman–Crippen MR) is 87.8 cm³/mol. The Bertz CT molecular complexity index is 498. The number of hydrogen-bond acceptors (Lipinski definition) is 4. The minimum absolute atomic E-state index is 0.102. The molecule has 120 valence electrons. The van der Waals surface area contributed by atoms with Crippen molar-refractivity contribution in [2.75, 3.05) is 6.54 Å². The van der Waals surface area contributed by atoms with Gasteiger partial charge in [-0.25, -0.2) is 9.89 Å². The second kappa shape index (κ2) is 7.49. The first-order chi connectivity index (χ1) is 10.1. The third kappa shape index (κ3) is 3.92. The Morgan fingerprint density at radius 1 is 1.38 bits per heavy atom. The van der Waals surface area contributed by atoms with E-state index in [0.717, 1.165) is 24.0 Å². The van der Waals surface area contributed by atoms with E-state index in [1.807, 2.05) is 6.92 Å². The lowest BCUT2D eigenvalue weighted by atomic mass is 9.80. The van der Waals surface area contributed by atoms with Gasteiger partial charge in [-0.05, 0) is 44.6 Å². The van der Waals surface area contributed by atoms with Gasteiger partial charge in [0.15, 0.2) is 5.16 Å². The molecule has 1 saturated carbocycles. The van der Waals surface area contributed by atoms with Crippen molar-refractivity contribution in [2.45, 2.75) is 70.0 Å². The molecule has 0 aliphatic heterocycles. The zero-order valence-corrected chi connectivity index (χ0v) is 14.4. The molecule has 6 heteroatoms. The van der Waals surface area contributed by atoms with Crippen LogP contribution in [-0.4, -0.2) is 32.6 Å². The fraction of sp³-hybridized carbons (Fsp3) is 0.867. The molecule has 4 unspecified atom stereocenters. The van der Waals surface area contributed by atoms with Gasteiger partial charge in [0.1, 0.15) is 0 Å². The Labute approximate surface area is 131 Å². The van der Waals surface area contributed by atoms with Crippen molar-refractivity contribution in [3.8, 4) is 0 Å². The normalized spacial score (nSPS) is 29.7. The highest BCUT2D eigenvalue weighted by Gasteiger charge is 2.35. The lowest BCUT2D eigenvalue weighted by Crippen LogP contribution is -2.46. The summed E-state index contributed by atoms with van der Waals surface area (Å²) in [4.78, 5) is 11.7. The summed E-state index contributed by atoms with van der Waals surface area (Å²) in [6.45, 7) is 10.6. The molecule has 2 rings (SSSR count). The van der Waals surface area contributed by atoms with Gasteiger partial charge in [-0.15, -0.1) is 5.10 Å². The molecule has 0 saturated heterocycles. The minimum atomic E-state index is -0.102. The molecule has 0 amide bonds. The van der Waals surface area contributed by atoms with Crippen LogP contribution < -0.4 is 11.0 Å². The summed E-state index contributed by atoms with van der Waals surface area (Å²) in [5.74, 6) is 1.39. The van der Waals surface area contributed by atoms with Gasteiger partial charge in [0.2, 0.25) is 0 Å². The molecule has 4 atom stereocenters. The second-order valence-electron chi connectivity index (χ2n) is 6.25. The highest BCUT2D eigenvalue weighted by Crippen LogP contribution is 2.38. The maximum absolute atomic E-state index is 11.7. The summed E-state index contributed by atoms with van der Waals surface area (Å²) in [5.41, 5.74) is -0.102. The molecular formula is C15H28N4OS. The molecule has 2 N–H and O–H groups in total. The number of thioether (sulfide) groups is 1. The third-order valence-electron chi connectivity index (χ3n) is 4.33. The van der Waals surface area contributed by atoms with E-state index in [4.69, 9.17) is 0 Å². The molecule has 1 aliphatic rings. The van der Waals surface area contributed by atoms with E-state index in [1.54, 1.807) is 16.3 Å². The van der Waals surface area contributed by atoms with E-state index in [0.29, 0.717) is 23.8 Å². The van der Waals surface area contributed by atoms with Gasteiger partial charge in [0.25, 0.3) is 0 Å². The molecule has 1 aromatic rings. The zero-order valence-electron chi connectivity index (χ0n) is 13.6. The number of rotatable bonds is 6. The Hall–Kier alpha value is -0.750. The quantitative estimate of drug-likeness (QED) is 0.847. The van der Waals surface area contributed by atoms with E-state index >= 15 is 0 Å². The summed E-state index contributed by atoms with van der Waals surface area (Å²) >= 11 is 1.76. The first-order valence-electron chi connectivity index (χ1n) is 8.12. The van der Waals surface area contributed by atoms with Gasteiger partial charge in [0.05, 0.1) is 0 Å². The summed E-state index contributed by atoms with van der Waals surface area (Å²) in [6.07, 6.45) is 3.62. The van der Waals surface area contributed by atoms with Crippen LogP contribution >= 0.6 is 11.8 Å². The van der Waals surface area contributed by atoms with Crippen molar-refractivity contribution < 1.29 is 0 Å². The highest BCUT2D eigenvalue weighted by molar-refractivity contribution is 7.99. The van der Waals surface area contributed by atoms with Gasteiger partial charge in [-0.3, -0.25) is 4.57 Å². The number of aromatic amines is 1. The smallest absolute Gasteiger partial charge is 0.313 e. The fourth-order valence-electron chi connectivity index (χ4n) is 3.35. The molecular weight excluding hydrogens is 284 g/mol. The summed E-state index contributed by atoms with van der Waals surface area (Å²) < 4.78 is 1.73. The van der Waals surface area contributed by atoms with Crippen LogP contribution in [0.15, 0.2) is 9.95 Å². The summed E-state index contributed by atoms with van der Waals surface area (Å²) in [7, 11) is 0. The standard InChI is InChI=1S/C15H28N4OS/c1-5-7-16-12-9-10(3)8-11(4)13(12)21-15-18-17-14(20)19(15)6-2/h10-13,16H,5-9H2,1-4H3,(H,17,20). The van der Waals surface area contributed by atoms with E-state index in [9.17, 15) is 4.79 Å². The molecule has 1 aliphatic carbocycles. The van der Waals surface area contributed by atoms with Crippen molar-refractivity contribution in [2.24, 2.45) is 11.8 Å². The van der Waals surface area contributed by atoms with Crippen molar-refractivity contribution in [3.05, 3.63) is 10.5 Å². The maximum Gasteiger partial charge on any atom is 0.343 e. The molecule has 0 radical (unpaired) electrons. The Balaban J connectivity index is 2.14. The topological polar surface area (TPSA) is 62.7 Å². The van der Waals surface area contributed by atoms with Crippen LogP contribution in [0.1, 0.15) is 47.0 Å². The summed E-state index contributed by atoms with van der Waals surface area (Å²) in [6, 6.07) is 0.505. The number of nitrogens with one attached hydrogen (secondary N) is 2.